The van der Waals surface area contributed by atoms with Crippen LogP contribution in [0.1, 0.15) is 73.5 Å². The molecule has 0 unspecified atom stereocenters. The van der Waals surface area contributed by atoms with Crippen molar-refractivity contribution >= 4 is 34.7 Å². The zero-order valence-corrected chi connectivity index (χ0v) is 27.0. The van der Waals surface area contributed by atoms with Gasteiger partial charge in [-0.25, -0.2) is 0 Å². The van der Waals surface area contributed by atoms with Gasteiger partial charge in [0.15, 0.2) is 0 Å². The quantitative estimate of drug-likeness (QED) is 0.145. The number of allylic oxidation sites excluding steroid dienone is 4. The van der Waals surface area contributed by atoms with E-state index < -0.39 is 5.91 Å². The number of aromatic nitrogens is 2. The highest BCUT2D eigenvalue weighted by atomic mass is 16.5. The fraction of sp³-hybridized carbons (Fsp3) is 0.238. The molecule has 5 heteroatoms. The van der Waals surface area contributed by atoms with Crippen LogP contribution in [0.25, 0.3) is 23.3 Å². The molecule has 0 radical (unpaired) electrons. The van der Waals surface area contributed by atoms with E-state index in [2.05, 4.69) is 141 Å². The summed E-state index contributed by atoms with van der Waals surface area (Å²) in [6, 6.07) is 27.0. The van der Waals surface area contributed by atoms with Crippen molar-refractivity contribution in [2.24, 2.45) is 0 Å². The Bertz CT molecular complexity index is 2350. The second-order valence-electron chi connectivity index (χ2n) is 13.6. The lowest BCUT2D eigenvalue weighted by molar-refractivity contribution is -0.834. The molecule has 0 fully saturated rings. The first-order valence-electron chi connectivity index (χ1n) is 17.3. The fourth-order valence-electron chi connectivity index (χ4n) is 8.65. The summed E-state index contributed by atoms with van der Waals surface area (Å²) >= 11 is 0. The van der Waals surface area contributed by atoms with E-state index in [1.54, 1.807) is 0 Å². The third-order valence-electron chi connectivity index (χ3n) is 10.7. The molecule has 6 aliphatic heterocycles. The van der Waals surface area contributed by atoms with E-state index in [9.17, 15) is 0 Å². The SMILES string of the molecule is CCCCCCCCOc1ccc(C2=C3C=CC4=[N+]3[C@@]35n6c(ccc62)C=C2C=CC(=[N+]23)C(c2ccc(C)cc2)=c2ccc(n25)=C4)cc1. The van der Waals surface area contributed by atoms with Gasteiger partial charge in [-0.3, -0.25) is 0 Å². The fourth-order valence-corrected chi connectivity index (χ4v) is 8.65. The summed E-state index contributed by atoms with van der Waals surface area (Å²) in [6.45, 7) is 5.20. The third-order valence-corrected chi connectivity index (χ3v) is 10.7. The molecule has 2 aromatic carbocycles. The third kappa shape index (κ3) is 3.54. The van der Waals surface area contributed by atoms with Crippen molar-refractivity contribution < 1.29 is 13.9 Å². The molecule has 1 atom stereocenters. The molecule has 2 aromatic heterocycles. The first-order chi connectivity index (χ1) is 23.2. The Labute approximate surface area is 275 Å². The summed E-state index contributed by atoms with van der Waals surface area (Å²) in [6.07, 6.45) is 21.5. The van der Waals surface area contributed by atoms with Crippen LogP contribution in [-0.4, -0.2) is 36.3 Å². The molecule has 0 saturated heterocycles. The zero-order chi connectivity index (χ0) is 31.3. The Balaban J connectivity index is 1.12. The van der Waals surface area contributed by atoms with Gasteiger partial charge in [-0.2, -0.15) is 9.13 Å². The zero-order valence-electron chi connectivity index (χ0n) is 27.0. The Kier molecular flexibility index (Phi) is 5.70. The van der Waals surface area contributed by atoms with Crippen molar-refractivity contribution in [3.63, 3.8) is 0 Å². The van der Waals surface area contributed by atoms with E-state index in [4.69, 9.17) is 4.74 Å². The minimum atomic E-state index is -0.633. The lowest BCUT2D eigenvalue weighted by Crippen LogP contribution is -2.70. The maximum absolute atomic E-state index is 6.18. The van der Waals surface area contributed by atoms with E-state index >= 15 is 0 Å². The molecule has 0 N–H and O–H groups in total. The van der Waals surface area contributed by atoms with Crippen LogP contribution < -0.4 is 15.4 Å². The number of nitrogens with zero attached hydrogens (tertiary/aromatic N) is 4. The Morgan fingerprint density at radius 3 is 2.32 bits per heavy atom. The first kappa shape index (κ1) is 27.0. The van der Waals surface area contributed by atoms with Crippen LogP contribution in [0.5, 0.6) is 5.75 Å². The highest BCUT2D eigenvalue weighted by Crippen LogP contribution is 2.49. The van der Waals surface area contributed by atoms with Crippen LogP contribution in [0.2, 0.25) is 0 Å². The van der Waals surface area contributed by atoms with Crippen molar-refractivity contribution in [3.05, 3.63) is 147 Å². The van der Waals surface area contributed by atoms with Crippen molar-refractivity contribution in [1.29, 1.82) is 0 Å². The van der Waals surface area contributed by atoms with Crippen molar-refractivity contribution in [2.45, 2.75) is 58.3 Å². The summed E-state index contributed by atoms with van der Waals surface area (Å²) in [5, 5.41) is 2.46. The molecule has 0 amide bonds. The first-order valence-corrected chi connectivity index (χ1v) is 17.3. The molecule has 0 saturated carbocycles. The highest BCUT2D eigenvalue weighted by Gasteiger charge is 2.71. The molecule has 230 valence electrons. The monoisotopic (exact) mass is 614 g/mol. The second kappa shape index (κ2) is 9.92. The van der Waals surface area contributed by atoms with E-state index in [-0.39, 0.29) is 0 Å². The lowest BCUT2D eigenvalue weighted by atomic mass is 9.95. The molecule has 4 aromatic rings. The molecule has 0 aliphatic carbocycles. The number of hydrogen-bond donors (Lipinski definition) is 0. The van der Waals surface area contributed by atoms with E-state index in [0.717, 1.165) is 18.8 Å². The Morgan fingerprint density at radius 1 is 0.681 bits per heavy atom. The minimum Gasteiger partial charge on any atom is -0.494 e. The summed E-state index contributed by atoms with van der Waals surface area (Å²) < 4.78 is 16.5. The molecule has 6 aliphatic rings. The summed E-state index contributed by atoms with van der Waals surface area (Å²) in [7, 11) is 0. The largest absolute Gasteiger partial charge is 0.553 e. The van der Waals surface area contributed by atoms with Crippen LogP contribution in [-0.2, 0) is 5.91 Å². The maximum atomic E-state index is 6.18. The molecular weight excluding hydrogens is 576 g/mol. The average Bonchev–Trinajstić information content (AvgIpc) is 3.90. The van der Waals surface area contributed by atoms with Gasteiger partial charge in [-0.15, -0.1) is 0 Å². The van der Waals surface area contributed by atoms with Crippen molar-refractivity contribution in [2.75, 3.05) is 6.61 Å². The smallest absolute Gasteiger partial charge is 0.494 e. The second-order valence-corrected chi connectivity index (χ2v) is 13.6. The minimum absolute atomic E-state index is 0.633. The van der Waals surface area contributed by atoms with Gasteiger partial charge in [0.25, 0.3) is 0 Å². The highest BCUT2D eigenvalue weighted by molar-refractivity contribution is 6.27. The van der Waals surface area contributed by atoms with E-state index in [1.807, 2.05) is 0 Å². The van der Waals surface area contributed by atoms with Crippen molar-refractivity contribution in [1.82, 2.24) is 9.13 Å². The Morgan fingerprint density at radius 2 is 1.47 bits per heavy atom. The Hall–Kier alpha value is -5.16. The average molecular weight is 615 g/mol. The predicted molar refractivity (Wildman–Crippen MR) is 188 cm³/mol. The van der Waals surface area contributed by atoms with E-state index in [1.165, 1.54) is 105 Å². The number of benzene rings is 2. The predicted octanol–water partition coefficient (Wildman–Crippen LogP) is 6.63. The molecule has 47 heavy (non-hydrogen) atoms. The van der Waals surface area contributed by atoms with Gasteiger partial charge in [0.05, 0.1) is 39.8 Å². The number of aryl methyl sites for hydroxylation is 1. The number of rotatable bonds is 10. The van der Waals surface area contributed by atoms with Crippen LogP contribution in [0.15, 0.2) is 108 Å². The molecule has 8 heterocycles. The molecule has 0 bridgehead atoms. The van der Waals surface area contributed by atoms with Gasteiger partial charge in [-0.05, 0) is 60.9 Å². The lowest BCUT2D eigenvalue weighted by Gasteiger charge is -2.39. The topological polar surface area (TPSA) is 25.1 Å². The molecule has 10 rings (SSSR count). The van der Waals surface area contributed by atoms with Gasteiger partial charge in [0.1, 0.15) is 5.75 Å². The van der Waals surface area contributed by atoms with Crippen LogP contribution in [0.4, 0.5) is 0 Å². The van der Waals surface area contributed by atoms with Gasteiger partial charge >= 0.3 is 5.91 Å². The molecule has 5 nitrogen and oxygen atoms in total. The summed E-state index contributed by atoms with van der Waals surface area (Å²) in [4.78, 5) is 0. The van der Waals surface area contributed by atoms with Crippen LogP contribution in [0.3, 0.4) is 0 Å². The summed E-state index contributed by atoms with van der Waals surface area (Å²) in [5.41, 5.74) is 13.6. The van der Waals surface area contributed by atoms with Crippen LogP contribution >= 0.6 is 0 Å². The number of unbranched alkanes of at least 4 members (excludes halogenated alkanes) is 5. The van der Waals surface area contributed by atoms with Gasteiger partial charge in [0.2, 0.25) is 22.8 Å². The van der Waals surface area contributed by atoms with Gasteiger partial charge < -0.3 is 4.74 Å². The van der Waals surface area contributed by atoms with Gasteiger partial charge in [-0.1, -0.05) is 90.1 Å². The maximum Gasteiger partial charge on any atom is 0.553 e. The summed E-state index contributed by atoms with van der Waals surface area (Å²) in [5.74, 6) is 0.312. The van der Waals surface area contributed by atoms with Crippen LogP contribution in [0, 0.1) is 6.92 Å². The molecular formula is C42H38N4O+2. The standard InChI is InChI=1S/C42H38N4O/c1-3-4-5-6-7-8-25-47-35-19-13-30(14-20-35)41-38-23-17-33-26-31-15-21-36-40(29-11-9-28(2)10-12-29)37-22-16-32-27-34-18-24-39(41)46(34)42(43(31)36,44(32)37)45(33)38/h9-24,26-27H,3-8,25H2,1-2H3/q+2/t42-/m0/s1. The van der Waals surface area contributed by atoms with Crippen molar-refractivity contribution in [3.8, 4) is 5.75 Å². The number of hydrogen-bond acceptors (Lipinski definition) is 1. The normalized spacial score (nSPS) is 20.2. The number of ether oxygens (including phenoxy) is 1. The van der Waals surface area contributed by atoms with E-state index in [0.29, 0.717) is 0 Å². The van der Waals surface area contributed by atoms with Gasteiger partial charge in [0, 0.05) is 36.5 Å². The molecule has 1 spiro atoms.